The van der Waals surface area contributed by atoms with E-state index in [0.29, 0.717) is 68.4 Å². The largest absolute Gasteiger partial charge is 0.478 e. The average Bonchev–Trinajstić information content (AvgIpc) is 4.04. The Morgan fingerprint density at radius 1 is 0.705 bits per heavy atom. The van der Waals surface area contributed by atoms with Crippen LogP contribution in [0.1, 0.15) is 34.6 Å². The van der Waals surface area contributed by atoms with Crippen LogP contribution in [0.3, 0.4) is 0 Å². The topological polar surface area (TPSA) is 276 Å². The smallest absolute Gasteiger partial charge is 0.339 e. The lowest BCUT2D eigenvalue weighted by Crippen LogP contribution is -2.37. The van der Waals surface area contributed by atoms with Gasteiger partial charge in [0.15, 0.2) is 11.3 Å². The van der Waals surface area contributed by atoms with Gasteiger partial charge in [0.2, 0.25) is 0 Å². The van der Waals surface area contributed by atoms with E-state index in [0.717, 1.165) is 40.1 Å². The molecule has 8 rings (SSSR count). The van der Waals surface area contributed by atoms with Crippen molar-refractivity contribution in [2.45, 2.75) is 90.8 Å². The maximum atomic E-state index is 13.3. The molecule has 0 unspecified atom stereocenters. The van der Waals surface area contributed by atoms with Crippen molar-refractivity contribution in [3.05, 3.63) is 82.4 Å². The van der Waals surface area contributed by atoms with Crippen molar-refractivity contribution in [3.63, 3.8) is 0 Å². The van der Waals surface area contributed by atoms with Crippen molar-refractivity contribution in [2.24, 2.45) is 19.8 Å². The van der Waals surface area contributed by atoms with Crippen LogP contribution >= 0.6 is 35.6 Å². The molecule has 0 saturated carbocycles. The number of aromatic carboxylic acids is 1. The van der Waals surface area contributed by atoms with E-state index in [9.17, 15) is 31.5 Å². The number of benzene rings is 2. The maximum absolute atomic E-state index is 13.3. The van der Waals surface area contributed by atoms with Crippen LogP contribution in [0.15, 0.2) is 61.2 Å². The first-order valence-electron chi connectivity index (χ1n) is 24.5. The number of carboxylic acids is 1. The molecular formula is C50H69Cl3N12O9S2Si2. The molecule has 28 heteroatoms. The predicted molar refractivity (Wildman–Crippen MR) is 317 cm³/mol. The number of aryl methyl sites for hydroxylation is 2. The Hall–Kier alpha value is -5.36. The third kappa shape index (κ3) is 17.3. The fourth-order valence-electron chi connectivity index (χ4n) is 8.05. The molecule has 0 bridgehead atoms. The fraction of sp³-hybridized carbons (Fsp3) is 0.440. The standard InChI is InChI=1S/C25H33ClN6O4SSi.C21H24ClN5O3Si.C4H11NO2S.ClH/c1-16(14-37(3,34)35)28-25(33)19-13-32(15-36-9-10-38(4,5)6)24-23(19)29-20(12-27-24)22-18-8-7-17(26)11-21(18)31(2)30-22;1-26-17-9-13(22)5-6-14(17)18(25-26)16-10-23-20-19(24-16)15(21(28)29)11-27(20)12-30-7-8-31(2,3)4;1-4(5)3-8(2,6)7;/h7-8,11-13,16H,9-10,14-15H2,1-6H3,(H,28,33);5-6,9-11H,7-8,12H2,1-4H3,(H,28,29);4H,3,5H2,1-2H3;1H/t16-;;4-;/m1.1./s1. The molecule has 424 valence electrons. The van der Waals surface area contributed by atoms with Crippen LogP contribution in [0.4, 0.5) is 0 Å². The van der Waals surface area contributed by atoms with Gasteiger partial charge in [-0.15, -0.1) is 12.4 Å². The summed E-state index contributed by atoms with van der Waals surface area (Å²) < 4.78 is 62.8. The summed E-state index contributed by atoms with van der Waals surface area (Å²) >= 11 is 12.3. The second kappa shape index (κ2) is 25.8. The molecule has 0 fully saturated rings. The molecule has 6 aromatic heterocycles. The first kappa shape index (κ1) is 63.5. The van der Waals surface area contributed by atoms with E-state index in [2.05, 4.69) is 69.7 Å². The summed E-state index contributed by atoms with van der Waals surface area (Å²) in [5, 5.41) is 24.6. The van der Waals surface area contributed by atoms with Gasteiger partial charge in [0.05, 0.1) is 40.5 Å². The summed E-state index contributed by atoms with van der Waals surface area (Å²) in [6, 6.07) is 12.2. The summed E-state index contributed by atoms with van der Waals surface area (Å²) in [4.78, 5) is 43.7. The summed E-state index contributed by atoms with van der Waals surface area (Å²) in [6.07, 6.45) is 8.75. The minimum atomic E-state index is -3.26. The number of fused-ring (bicyclic) bond motifs is 4. The normalized spacial score (nSPS) is 13.0. The van der Waals surface area contributed by atoms with E-state index >= 15 is 0 Å². The molecule has 6 heterocycles. The van der Waals surface area contributed by atoms with Gasteiger partial charge in [-0.05, 0) is 62.3 Å². The predicted octanol–water partition coefficient (Wildman–Crippen LogP) is 8.56. The Kier molecular flexibility index (Phi) is 21.0. The van der Waals surface area contributed by atoms with Crippen molar-refractivity contribution in [3.8, 4) is 22.8 Å². The lowest BCUT2D eigenvalue weighted by Gasteiger charge is -2.15. The third-order valence-electron chi connectivity index (χ3n) is 11.7. The quantitative estimate of drug-likeness (QED) is 0.0505. The monoisotopic (exact) mass is 1210 g/mol. The molecule has 78 heavy (non-hydrogen) atoms. The number of nitrogens with two attached hydrogens (primary N) is 1. The second-order valence-corrected chi connectivity index (χ2v) is 38.2. The van der Waals surface area contributed by atoms with Crippen molar-refractivity contribution >= 4 is 127 Å². The van der Waals surface area contributed by atoms with Gasteiger partial charge in [0.1, 0.15) is 72.5 Å². The van der Waals surface area contributed by atoms with E-state index in [4.69, 9.17) is 43.4 Å². The number of aromatic nitrogens is 10. The number of hydrogen-bond donors (Lipinski definition) is 3. The van der Waals surface area contributed by atoms with Gasteiger partial charge >= 0.3 is 5.97 Å². The summed E-state index contributed by atoms with van der Waals surface area (Å²) in [6.45, 7) is 18.7. The lowest BCUT2D eigenvalue weighted by molar-refractivity contribution is 0.0695. The zero-order chi connectivity index (χ0) is 56.9. The van der Waals surface area contributed by atoms with Crippen LogP contribution in [0.25, 0.3) is 66.9 Å². The number of carbonyl (C=O) groups is 2. The lowest BCUT2D eigenvalue weighted by atomic mass is 10.1. The Labute approximate surface area is 472 Å². The van der Waals surface area contributed by atoms with E-state index in [1.807, 2.05) is 38.4 Å². The van der Waals surface area contributed by atoms with Crippen LogP contribution in [0.2, 0.25) is 61.4 Å². The molecule has 21 nitrogen and oxygen atoms in total. The molecule has 8 aromatic rings. The fourth-order valence-corrected chi connectivity index (χ4v) is 11.8. The van der Waals surface area contributed by atoms with Gasteiger partial charge in [-0.1, -0.05) is 62.5 Å². The van der Waals surface area contributed by atoms with Crippen LogP contribution in [-0.2, 0) is 56.7 Å². The highest BCUT2D eigenvalue weighted by Gasteiger charge is 2.24. The Morgan fingerprint density at radius 2 is 1.12 bits per heavy atom. The highest BCUT2D eigenvalue weighted by molar-refractivity contribution is 7.91. The maximum Gasteiger partial charge on any atom is 0.339 e. The SMILES string of the molecule is C[C@@H](N)CS(C)(=O)=O.C[C@H](CS(C)(=O)=O)NC(=O)c1cn(COCC[Si](C)(C)C)c2ncc(-c3nn(C)c4cc(Cl)ccc34)nc12.Cl.Cn1nc(-c2cnc3c(n2)c(C(=O)O)cn3COCC[Si](C)(C)C)c2ccc(Cl)cc21. The highest BCUT2D eigenvalue weighted by Crippen LogP contribution is 2.32. The van der Waals surface area contributed by atoms with Crippen molar-refractivity contribution in [2.75, 3.05) is 37.2 Å². The molecule has 1 amide bonds. The molecule has 0 saturated heterocycles. The molecule has 0 aliphatic rings. The van der Waals surface area contributed by atoms with E-state index in [1.165, 1.54) is 12.5 Å². The minimum absolute atomic E-state index is 0. The number of nitrogens with zero attached hydrogens (tertiary/aromatic N) is 10. The number of nitrogens with one attached hydrogen (secondary N) is 1. The molecule has 0 radical (unpaired) electrons. The van der Waals surface area contributed by atoms with E-state index in [1.54, 1.807) is 63.1 Å². The van der Waals surface area contributed by atoms with Gasteiger partial charge in [0.25, 0.3) is 5.91 Å². The summed E-state index contributed by atoms with van der Waals surface area (Å²) in [5.41, 5.74) is 11.2. The third-order valence-corrected chi connectivity index (χ3v) is 17.8. The van der Waals surface area contributed by atoms with Gasteiger partial charge in [-0.3, -0.25) is 14.2 Å². The van der Waals surface area contributed by atoms with Crippen molar-refractivity contribution in [1.29, 1.82) is 0 Å². The number of sulfone groups is 2. The van der Waals surface area contributed by atoms with Gasteiger partial charge in [0, 0.05) is 101 Å². The molecule has 2 atom stereocenters. The summed E-state index contributed by atoms with van der Waals surface area (Å²) in [7, 11) is -4.93. The number of carbonyl (C=O) groups excluding carboxylic acids is 1. The number of carboxylic acid groups (broad SMARTS) is 1. The van der Waals surface area contributed by atoms with Crippen LogP contribution in [-0.4, -0.2) is 148 Å². The van der Waals surface area contributed by atoms with Crippen LogP contribution < -0.4 is 11.1 Å². The van der Waals surface area contributed by atoms with Gasteiger partial charge < -0.3 is 34.8 Å². The Bertz CT molecular complexity index is 3690. The first-order valence-corrected chi connectivity index (χ1v) is 36.8. The van der Waals surface area contributed by atoms with Gasteiger partial charge in [-0.25, -0.2) is 41.6 Å². The number of ether oxygens (including phenoxy) is 2. The van der Waals surface area contributed by atoms with Crippen LogP contribution in [0.5, 0.6) is 0 Å². The number of hydrogen-bond acceptors (Lipinski definition) is 15. The molecule has 4 N–H and O–H groups in total. The number of amides is 1. The van der Waals surface area contributed by atoms with Crippen LogP contribution in [0, 0.1) is 0 Å². The molecule has 0 aliphatic carbocycles. The Balaban J connectivity index is 0.000000253. The number of rotatable bonds is 19. The molecule has 2 aromatic carbocycles. The van der Waals surface area contributed by atoms with Gasteiger partial charge in [-0.2, -0.15) is 10.2 Å². The minimum Gasteiger partial charge on any atom is -0.478 e. The van der Waals surface area contributed by atoms with E-state index in [-0.39, 0.29) is 54.5 Å². The first-order chi connectivity index (χ1) is 35.8. The number of halogens is 3. The molecular weight excluding hydrogens is 1140 g/mol. The average molecular weight is 1210 g/mol. The zero-order valence-electron chi connectivity index (χ0n) is 45.8. The highest BCUT2D eigenvalue weighted by atomic mass is 35.5. The molecule has 0 spiro atoms. The van der Waals surface area contributed by atoms with Crippen molar-refractivity contribution < 1.29 is 41.0 Å². The Morgan fingerprint density at radius 3 is 1.49 bits per heavy atom. The van der Waals surface area contributed by atoms with Crippen molar-refractivity contribution in [1.82, 2.24) is 53.9 Å². The molecule has 0 aliphatic heterocycles. The second-order valence-electron chi connectivity index (χ2n) is 21.7. The zero-order valence-corrected chi connectivity index (χ0v) is 51.8. The van der Waals surface area contributed by atoms with E-state index < -0.39 is 53.7 Å². The summed E-state index contributed by atoms with van der Waals surface area (Å²) in [5.74, 6) is -1.59.